The van der Waals surface area contributed by atoms with E-state index in [-0.39, 0.29) is 0 Å². The fourth-order valence-corrected chi connectivity index (χ4v) is 1.92. The number of methoxy groups -OCH3 is 1. The molecule has 5 nitrogen and oxygen atoms in total. The Morgan fingerprint density at radius 3 is 2.68 bits per heavy atom. The molecule has 0 fully saturated rings. The third kappa shape index (κ3) is 3.77. The molecule has 1 heterocycles. The van der Waals surface area contributed by atoms with Crippen molar-refractivity contribution in [2.75, 3.05) is 7.11 Å². The predicted molar refractivity (Wildman–Crippen MR) is 71.8 cm³/mol. The van der Waals surface area contributed by atoms with Crippen LogP contribution in [0.3, 0.4) is 0 Å². The van der Waals surface area contributed by atoms with Gasteiger partial charge in [-0.1, -0.05) is 0 Å². The minimum Gasteiger partial charge on any atom is -0.466 e. The van der Waals surface area contributed by atoms with Crippen molar-refractivity contribution < 1.29 is 9.53 Å². The Balaban J connectivity index is 3.03. The lowest BCUT2D eigenvalue weighted by Crippen LogP contribution is -2.19. The van der Waals surface area contributed by atoms with E-state index in [1.807, 2.05) is 18.4 Å². The van der Waals surface area contributed by atoms with Gasteiger partial charge in [0.25, 0.3) is 5.54 Å². The average Bonchev–Trinajstić information content (AvgIpc) is 2.85. The summed E-state index contributed by atoms with van der Waals surface area (Å²) in [4.78, 5) is 15.8. The molecule has 0 atom stereocenters. The van der Waals surface area contributed by atoms with Crippen molar-refractivity contribution in [1.29, 1.82) is 10.5 Å². The Bertz CT molecular complexity index is 588. The molecule has 0 aliphatic rings. The molecule has 0 unspecified atom stereocenters. The quantitative estimate of drug-likeness (QED) is 0.477. The van der Waals surface area contributed by atoms with Crippen LogP contribution in [-0.4, -0.2) is 24.8 Å². The summed E-state index contributed by atoms with van der Waals surface area (Å²) in [6, 6.07) is 5.47. The number of aliphatic imine (C=N–C) groups is 1. The summed E-state index contributed by atoms with van der Waals surface area (Å²) in [5.41, 5.74) is -0.708. The summed E-state index contributed by atoms with van der Waals surface area (Å²) in [6.45, 7) is 1.91. The van der Waals surface area contributed by atoms with Gasteiger partial charge in [-0.3, -0.25) is 4.99 Å². The van der Waals surface area contributed by atoms with Gasteiger partial charge in [-0.05, 0) is 30.0 Å². The molecule has 0 amide bonds. The number of ether oxygens (including phenoxy) is 1. The van der Waals surface area contributed by atoms with Crippen LogP contribution in [0.5, 0.6) is 0 Å². The van der Waals surface area contributed by atoms with Crippen molar-refractivity contribution in [3.05, 3.63) is 34.0 Å². The Morgan fingerprint density at radius 1 is 1.53 bits per heavy atom. The number of nitrogens with zero attached hydrogens (tertiary/aromatic N) is 3. The third-order valence-corrected chi connectivity index (χ3v) is 3.24. The summed E-state index contributed by atoms with van der Waals surface area (Å²) in [5, 5.41) is 20.0. The molecule has 1 aromatic rings. The highest BCUT2D eigenvalue weighted by Gasteiger charge is 2.25. The SMILES string of the molecule is COC(=O)C=CC(C#N)(C#N)N=Cc1sccc1C. The number of rotatable bonds is 4. The second-order valence-corrected chi connectivity index (χ2v) is 4.52. The monoisotopic (exact) mass is 273 g/mol. The van der Waals surface area contributed by atoms with E-state index >= 15 is 0 Å². The number of hydrogen-bond acceptors (Lipinski definition) is 6. The fraction of sp³-hybridized carbons (Fsp3) is 0.231. The zero-order chi connectivity index (χ0) is 14.3. The number of carbonyl (C=O) groups is 1. The van der Waals surface area contributed by atoms with Crippen LogP contribution in [0.4, 0.5) is 0 Å². The second kappa shape index (κ2) is 6.48. The first kappa shape index (κ1) is 14.6. The Hall–Kier alpha value is -2.44. The van der Waals surface area contributed by atoms with Crippen LogP contribution in [0.2, 0.25) is 0 Å². The minimum absolute atomic E-state index is 0.641. The Labute approximate surface area is 115 Å². The van der Waals surface area contributed by atoms with E-state index in [1.165, 1.54) is 24.7 Å². The number of carbonyl (C=O) groups excluding carboxylic acids is 1. The Kier molecular flexibility index (Phi) is 4.99. The maximum atomic E-state index is 11.0. The smallest absolute Gasteiger partial charge is 0.330 e. The summed E-state index contributed by atoms with van der Waals surface area (Å²) < 4.78 is 4.41. The van der Waals surface area contributed by atoms with Crippen molar-refractivity contribution in [2.45, 2.75) is 12.5 Å². The largest absolute Gasteiger partial charge is 0.466 e. The predicted octanol–water partition coefficient (Wildman–Crippen LogP) is 1.99. The molecule has 0 aromatic carbocycles. The normalized spacial score (nSPS) is 11.4. The van der Waals surface area contributed by atoms with Crippen LogP contribution >= 0.6 is 11.3 Å². The molecular formula is C13H11N3O2S. The molecule has 0 spiro atoms. The lowest BCUT2D eigenvalue weighted by Gasteiger charge is -2.06. The molecule has 0 aliphatic heterocycles. The maximum absolute atomic E-state index is 11.0. The van der Waals surface area contributed by atoms with E-state index < -0.39 is 11.5 Å². The van der Waals surface area contributed by atoms with Crippen LogP contribution in [0.1, 0.15) is 10.4 Å². The van der Waals surface area contributed by atoms with Gasteiger partial charge in [0.05, 0.1) is 7.11 Å². The summed E-state index contributed by atoms with van der Waals surface area (Å²) in [5.74, 6) is -0.641. The topological polar surface area (TPSA) is 86.2 Å². The highest BCUT2D eigenvalue weighted by molar-refractivity contribution is 7.11. The molecule has 1 rings (SSSR count). The first-order valence-electron chi connectivity index (χ1n) is 5.26. The molecular weight excluding hydrogens is 262 g/mol. The lowest BCUT2D eigenvalue weighted by molar-refractivity contribution is -0.134. The number of aryl methyl sites for hydroxylation is 1. The zero-order valence-corrected chi connectivity index (χ0v) is 11.3. The molecule has 6 heteroatoms. The van der Waals surface area contributed by atoms with Gasteiger partial charge < -0.3 is 4.74 Å². The summed E-state index contributed by atoms with van der Waals surface area (Å²) >= 11 is 1.46. The van der Waals surface area contributed by atoms with E-state index in [2.05, 4.69) is 9.73 Å². The number of hydrogen-bond donors (Lipinski definition) is 0. The molecule has 0 saturated carbocycles. The third-order valence-electron chi connectivity index (χ3n) is 2.29. The molecule has 96 valence electrons. The molecule has 0 bridgehead atoms. The standard InChI is InChI=1S/C13H11N3O2S/c1-10-4-6-19-11(10)7-16-13(8-14,9-15)5-3-12(17)18-2/h3-7H,1-2H3. The van der Waals surface area contributed by atoms with Crippen LogP contribution in [-0.2, 0) is 9.53 Å². The van der Waals surface area contributed by atoms with Crippen molar-refractivity contribution in [3.63, 3.8) is 0 Å². The van der Waals surface area contributed by atoms with E-state index in [0.717, 1.165) is 22.6 Å². The van der Waals surface area contributed by atoms with E-state index in [0.29, 0.717) is 0 Å². The van der Waals surface area contributed by atoms with E-state index in [1.54, 1.807) is 12.1 Å². The first-order valence-corrected chi connectivity index (χ1v) is 6.14. The van der Waals surface area contributed by atoms with E-state index in [4.69, 9.17) is 10.5 Å². The molecule has 19 heavy (non-hydrogen) atoms. The van der Waals surface area contributed by atoms with Crippen LogP contribution in [0, 0.1) is 29.6 Å². The summed E-state index contributed by atoms with van der Waals surface area (Å²) in [7, 11) is 1.21. The van der Waals surface area contributed by atoms with Crippen LogP contribution in [0.25, 0.3) is 0 Å². The molecule has 1 aromatic heterocycles. The van der Waals surface area contributed by atoms with Gasteiger partial charge >= 0.3 is 5.97 Å². The van der Waals surface area contributed by atoms with Crippen molar-refractivity contribution >= 4 is 23.5 Å². The number of nitriles is 2. The van der Waals surface area contributed by atoms with E-state index in [9.17, 15) is 4.79 Å². The van der Waals surface area contributed by atoms with Gasteiger partial charge in [-0.15, -0.1) is 11.3 Å². The van der Waals surface area contributed by atoms with Crippen molar-refractivity contribution in [3.8, 4) is 12.1 Å². The van der Waals surface area contributed by atoms with Crippen molar-refractivity contribution in [1.82, 2.24) is 0 Å². The number of thiophene rings is 1. The van der Waals surface area contributed by atoms with Gasteiger partial charge in [0.2, 0.25) is 0 Å². The van der Waals surface area contributed by atoms with Gasteiger partial charge in [-0.25, -0.2) is 4.79 Å². The highest BCUT2D eigenvalue weighted by atomic mass is 32.1. The van der Waals surface area contributed by atoms with Gasteiger partial charge in [-0.2, -0.15) is 10.5 Å². The molecule has 0 aliphatic carbocycles. The minimum atomic E-state index is -1.72. The highest BCUT2D eigenvalue weighted by Crippen LogP contribution is 2.16. The molecule has 0 radical (unpaired) electrons. The first-order chi connectivity index (χ1) is 9.06. The fourth-order valence-electron chi connectivity index (χ4n) is 1.13. The maximum Gasteiger partial charge on any atom is 0.330 e. The van der Waals surface area contributed by atoms with Gasteiger partial charge in [0.15, 0.2) is 0 Å². The lowest BCUT2D eigenvalue weighted by atomic mass is 10.0. The van der Waals surface area contributed by atoms with Crippen LogP contribution in [0.15, 0.2) is 28.6 Å². The van der Waals surface area contributed by atoms with Crippen molar-refractivity contribution in [2.24, 2.45) is 4.99 Å². The summed E-state index contributed by atoms with van der Waals surface area (Å²) in [6.07, 6.45) is 3.61. The van der Waals surface area contributed by atoms with Gasteiger partial charge in [0, 0.05) is 17.2 Å². The molecule has 0 N–H and O–H groups in total. The number of esters is 1. The Morgan fingerprint density at radius 2 is 2.21 bits per heavy atom. The zero-order valence-electron chi connectivity index (χ0n) is 10.5. The average molecular weight is 273 g/mol. The molecule has 0 saturated heterocycles. The van der Waals surface area contributed by atoms with Gasteiger partial charge in [0.1, 0.15) is 12.1 Å². The van der Waals surface area contributed by atoms with Crippen LogP contribution < -0.4 is 0 Å². The second-order valence-electron chi connectivity index (χ2n) is 3.57.